The van der Waals surface area contributed by atoms with Gasteiger partial charge < -0.3 is 4.57 Å². The number of rotatable bonds is 4. The Balaban J connectivity index is 1.65. The first-order valence-corrected chi connectivity index (χ1v) is 11.6. The highest BCUT2D eigenvalue weighted by atomic mass is 32.2. The van der Waals surface area contributed by atoms with Gasteiger partial charge in [-0.2, -0.15) is 4.99 Å². The fourth-order valence-corrected chi connectivity index (χ4v) is 5.41. The van der Waals surface area contributed by atoms with E-state index in [-0.39, 0.29) is 20.8 Å². The summed E-state index contributed by atoms with van der Waals surface area (Å²) in [5, 5.41) is 0. The third kappa shape index (κ3) is 3.94. The summed E-state index contributed by atoms with van der Waals surface area (Å²) < 4.78 is 56.1. The second-order valence-electron chi connectivity index (χ2n) is 6.93. The van der Waals surface area contributed by atoms with Crippen molar-refractivity contribution in [3.8, 4) is 0 Å². The number of halogens is 2. The molecule has 0 bridgehead atoms. The van der Waals surface area contributed by atoms with Crippen LogP contribution < -0.4 is 9.11 Å². The van der Waals surface area contributed by atoms with E-state index in [4.69, 9.17) is 0 Å². The summed E-state index contributed by atoms with van der Waals surface area (Å²) in [5.74, 6) is -2.09. The van der Waals surface area contributed by atoms with Crippen LogP contribution in [-0.2, 0) is 17.1 Å². The average molecular weight is 474 g/mol. The molecule has 0 saturated carbocycles. The van der Waals surface area contributed by atoms with Crippen LogP contribution in [0.5, 0.6) is 0 Å². The van der Waals surface area contributed by atoms with Crippen molar-refractivity contribution in [2.24, 2.45) is 12.0 Å². The van der Waals surface area contributed by atoms with Crippen LogP contribution in [0.4, 0.5) is 14.5 Å². The summed E-state index contributed by atoms with van der Waals surface area (Å²) >= 11 is 0.977. The topological polar surface area (TPSA) is 71.7 Å². The quantitative estimate of drug-likeness (QED) is 0.448. The molecule has 1 heterocycles. The van der Waals surface area contributed by atoms with Crippen molar-refractivity contribution in [2.45, 2.75) is 4.90 Å². The molecular formula is C22H17F2N3O3S2. The smallest absolute Gasteiger partial charge is 0.279 e. The van der Waals surface area contributed by atoms with Gasteiger partial charge in [0.2, 0.25) is 0 Å². The Labute approximate surface area is 186 Å². The molecule has 0 atom stereocenters. The van der Waals surface area contributed by atoms with Crippen LogP contribution in [0.1, 0.15) is 10.4 Å². The third-order valence-corrected chi connectivity index (χ3v) is 7.77. The van der Waals surface area contributed by atoms with E-state index in [0.717, 1.165) is 21.7 Å². The predicted molar refractivity (Wildman–Crippen MR) is 119 cm³/mol. The average Bonchev–Trinajstić information content (AvgIpc) is 3.08. The second kappa shape index (κ2) is 8.29. The third-order valence-electron chi connectivity index (χ3n) is 4.89. The van der Waals surface area contributed by atoms with Crippen LogP contribution in [0.3, 0.4) is 0 Å². The maximum atomic E-state index is 14.1. The van der Waals surface area contributed by atoms with Gasteiger partial charge >= 0.3 is 0 Å². The number of carbonyl (C=O) groups excluding carboxylic acids is 1. The van der Waals surface area contributed by atoms with E-state index in [9.17, 15) is 22.0 Å². The number of anilines is 1. The number of nitrogens with zero attached hydrogens (tertiary/aromatic N) is 3. The first-order chi connectivity index (χ1) is 15.2. The molecule has 164 valence electrons. The van der Waals surface area contributed by atoms with E-state index in [0.29, 0.717) is 10.4 Å². The number of fused-ring (bicyclic) bond motifs is 1. The number of aromatic nitrogens is 1. The lowest BCUT2D eigenvalue weighted by molar-refractivity contribution is 0.0998. The van der Waals surface area contributed by atoms with Gasteiger partial charge in [0.1, 0.15) is 5.82 Å². The van der Waals surface area contributed by atoms with Gasteiger partial charge in [-0.05, 0) is 42.5 Å². The molecule has 0 unspecified atom stereocenters. The summed E-state index contributed by atoms with van der Waals surface area (Å²) in [6.45, 7) is 0. The molecular weight excluding hydrogens is 456 g/mol. The van der Waals surface area contributed by atoms with E-state index < -0.39 is 27.6 Å². The van der Waals surface area contributed by atoms with Gasteiger partial charge in [-0.3, -0.25) is 9.10 Å². The fraction of sp³-hybridized carbons (Fsp3) is 0.0909. The monoisotopic (exact) mass is 473 g/mol. The highest BCUT2D eigenvalue weighted by molar-refractivity contribution is 7.92. The Morgan fingerprint density at radius 1 is 1.03 bits per heavy atom. The Bertz CT molecular complexity index is 1490. The van der Waals surface area contributed by atoms with Crippen LogP contribution in [0.25, 0.3) is 10.2 Å². The van der Waals surface area contributed by atoms with Gasteiger partial charge in [-0.1, -0.05) is 29.5 Å². The Morgan fingerprint density at radius 2 is 1.69 bits per heavy atom. The summed E-state index contributed by atoms with van der Waals surface area (Å²) in [6, 6.07) is 15.9. The molecule has 0 fully saturated rings. The molecule has 1 amide bonds. The molecule has 4 rings (SSSR count). The van der Waals surface area contributed by atoms with Crippen LogP contribution >= 0.6 is 11.3 Å². The normalized spacial score (nSPS) is 12.3. The van der Waals surface area contributed by atoms with E-state index in [1.165, 1.54) is 49.0 Å². The zero-order chi connectivity index (χ0) is 23.0. The first kappa shape index (κ1) is 21.8. The molecule has 0 radical (unpaired) electrons. The first-order valence-electron chi connectivity index (χ1n) is 9.36. The number of carbonyl (C=O) groups is 1. The summed E-state index contributed by atoms with van der Waals surface area (Å²) in [4.78, 5) is 16.8. The number of para-hydroxylation sites is 1. The van der Waals surface area contributed by atoms with Gasteiger partial charge in [0.25, 0.3) is 15.9 Å². The predicted octanol–water partition coefficient (Wildman–Crippen LogP) is 4.08. The number of sulfonamides is 1. The molecule has 0 N–H and O–H groups in total. The molecule has 0 spiro atoms. The molecule has 0 saturated heterocycles. The number of amides is 1. The Kier molecular flexibility index (Phi) is 5.66. The number of thiazole rings is 1. The van der Waals surface area contributed by atoms with Crippen molar-refractivity contribution >= 4 is 43.2 Å². The highest BCUT2D eigenvalue weighted by Gasteiger charge is 2.21. The standard InChI is InChI=1S/C22H17F2N3O3S2/c1-26-20-18(24)12-15(23)13-19(20)31-22(26)25-21(28)14-8-10-17(11-9-14)32(29,30)27(2)16-6-4-3-5-7-16/h3-13H,1-2H3. The van der Waals surface area contributed by atoms with E-state index in [2.05, 4.69) is 4.99 Å². The van der Waals surface area contributed by atoms with Gasteiger partial charge in [-0.15, -0.1) is 0 Å². The summed E-state index contributed by atoms with van der Waals surface area (Å²) in [6.07, 6.45) is 0. The van der Waals surface area contributed by atoms with Crippen molar-refractivity contribution in [3.63, 3.8) is 0 Å². The lowest BCUT2D eigenvalue weighted by atomic mass is 10.2. The lowest BCUT2D eigenvalue weighted by Crippen LogP contribution is -2.26. The minimum absolute atomic E-state index is 0.0189. The molecule has 6 nitrogen and oxygen atoms in total. The van der Waals surface area contributed by atoms with Gasteiger partial charge in [0.05, 0.1) is 20.8 Å². The minimum atomic E-state index is -3.81. The maximum Gasteiger partial charge on any atom is 0.279 e. The number of aryl methyl sites for hydroxylation is 1. The lowest BCUT2D eigenvalue weighted by Gasteiger charge is -2.19. The summed E-state index contributed by atoms with van der Waals surface area (Å²) in [7, 11) is -0.838. The minimum Gasteiger partial charge on any atom is -0.317 e. The van der Waals surface area contributed by atoms with Crippen LogP contribution in [0, 0.1) is 11.6 Å². The summed E-state index contributed by atoms with van der Waals surface area (Å²) in [5.41, 5.74) is 0.812. The maximum absolute atomic E-state index is 14.1. The molecule has 32 heavy (non-hydrogen) atoms. The van der Waals surface area contributed by atoms with Gasteiger partial charge in [-0.25, -0.2) is 17.2 Å². The van der Waals surface area contributed by atoms with E-state index in [1.54, 1.807) is 30.3 Å². The van der Waals surface area contributed by atoms with Crippen LogP contribution in [0.15, 0.2) is 76.6 Å². The van der Waals surface area contributed by atoms with Crippen molar-refractivity contribution in [3.05, 3.63) is 88.7 Å². The number of benzene rings is 3. The fourth-order valence-electron chi connectivity index (χ4n) is 3.16. The zero-order valence-corrected chi connectivity index (χ0v) is 18.6. The van der Waals surface area contributed by atoms with Crippen molar-refractivity contribution in [1.82, 2.24) is 4.57 Å². The molecule has 4 aromatic rings. The highest BCUT2D eigenvalue weighted by Crippen LogP contribution is 2.23. The zero-order valence-electron chi connectivity index (χ0n) is 17.0. The van der Waals surface area contributed by atoms with Crippen LogP contribution in [-0.4, -0.2) is 25.9 Å². The van der Waals surface area contributed by atoms with Crippen molar-refractivity contribution < 1.29 is 22.0 Å². The molecule has 3 aromatic carbocycles. The molecule has 10 heteroatoms. The van der Waals surface area contributed by atoms with E-state index >= 15 is 0 Å². The molecule has 0 aliphatic heterocycles. The molecule has 0 aliphatic rings. The largest absolute Gasteiger partial charge is 0.317 e. The van der Waals surface area contributed by atoms with Gasteiger partial charge in [0.15, 0.2) is 10.6 Å². The van der Waals surface area contributed by atoms with Crippen molar-refractivity contribution in [2.75, 3.05) is 11.4 Å². The van der Waals surface area contributed by atoms with Crippen molar-refractivity contribution in [1.29, 1.82) is 0 Å². The SMILES string of the molecule is CN(c1ccccc1)S(=O)(=O)c1ccc(C(=O)N=c2sc3cc(F)cc(F)c3n2C)cc1. The van der Waals surface area contributed by atoms with Crippen LogP contribution in [0.2, 0.25) is 0 Å². The molecule has 1 aromatic heterocycles. The Hall–Kier alpha value is -3.37. The second-order valence-corrected chi connectivity index (χ2v) is 9.91. The van der Waals surface area contributed by atoms with Gasteiger partial charge in [0, 0.05) is 25.7 Å². The van der Waals surface area contributed by atoms with E-state index in [1.807, 2.05) is 0 Å². The Morgan fingerprint density at radius 3 is 2.34 bits per heavy atom. The number of hydrogen-bond donors (Lipinski definition) is 0. The number of hydrogen-bond acceptors (Lipinski definition) is 4. The molecule has 0 aliphatic carbocycles.